The number of carbonyl (C=O) groups excluding carboxylic acids is 1. The van der Waals surface area contributed by atoms with E-state index in [0.717, 1.165) is 11.8 Å². The summed E-state index contributed by atoms with van der Waals surface area (Å²) in [4.78, 5) is 27.5. The molecule has 2 heterocycles. The molecule has 1 saturated heterocycles. The number of rotatable bonds is 4. The van der Waals surface area contributed by atoms with Gasteiger partial charge in [0.2, 0.25) is 0 Å². The zero-order valence-corrected chi connectivity index (χ0v) is 18.2. The van der Waals surface area contributed by atoms with Crippen LogP contribution in [0.2, 0.25) is 10.0 Å². The quantitative estimate of drug-likeness (QED) is 0.270. The number of hydrogen-bond donors (Lipinski definition) is 1. The zero-order valence-electron chi connectivity index (χ0n) is 15.9. The number of nitro groups is 1. The van der Waals surface area contributed by atoms with Gasteiger partial charge in [-0.25, -0.2) is 4.99 Å². The van der Waals surface area contributed by atoms with Crippen LogP contribution in [-0.2, 0) is 4.79 Å². The summed E-state index contributed by atoms with van der Waals surface area (Å²) < 4.78 is 5.81. The molecule has 3 aromatic rings. The summed E-state index contributed by atoms with van der Waals surface area (Å²) in [5, 5.41) is 15.0. The van der Waals surface area contributed by atoms with Crippen molar-refractivity contribution in [2.75, 3.05) is 0 Å². The Labute approximate surface area is 190 Å². The number of carbonyl (C=O) groups is 1. The van der Waals surface area contributed by atoms with Crippen LogP contribution in [0.15, 0.2) is 62.8 Å². The van der Waals surface area contributed by atoms with Crippen LogP contribution < -0.4 is 5.32 Å². The fourth-order valence-electron chi connectivity index (χ4n) is 2.86. The van der Waals surface area contributed by atoms with Crippen molar-refractivity contribution < 1.29 is 14.1 Å². The molecule has 1 aliphatic rings. The van der Waals surface area contributed by atoms with Gasteiger partial charge in [-0.15, -0.1) is 0 Å². The number of thioether (sulfide) groups is 1. The number of nitrogens with zero attached hydrogens (tertiary/aromatic N) is 2. The first kappa shape index (κ1) is 21.2. The maximum atomic E-state index is 12.3. The van der Waals surface area contributed by atoms with Gasteiger partial charge >= 0.3 is 0 Å². The first-order chi connectivity index (χ1) is 14.8. The number of furan rings is 1. The van der Waals surface area contributed by atoms with Gasteiger partial charge in [0.1, 0.15) is 11.5 Å². The van der Waals surface area contributed by atoms with E-state index in [-0.39, 0.29) is 11.6 Å². The molecule has 0 aliphatic carbocycles. The van der Waals surface area contributed by atoms with Crippen molar-refractivity contribution in [1.82, 2.24) is 5.32 Å². The van der Waals surface area contributed by atoms with Crippen LogP contribution in [0.4, 0.5) is 11.4 Å². The molecule has 1 fully saturated rings. The maximum absolute atomic E-state index is 12.3. The van der Waals surface area contributed by atoms with Gasteiger partial charge in [0.15, 0.2) is 5.17 Å². The highest BCUT2D eigenvalue weighted by Gasteiger charge is 2.25. The first-order valence-electron chi connectivity index (χ1n) is 8.90. The lowest BCUT2D eigenvalue weighted by atomic mass is 10.2. The van der Waals surface area contributed by atoms with Crippen LogP contribution in [0.25, 0.3) is 17.4 Å². The number of nitrogens with one attached hydrogen (secondary N) is 1. The van der Waals surface area contributed by atoms with Crippen LogP contribution in [0.1, 0.15) is 11.3 Å². The number of aryl methyl sites for hydroxylation is 1. The summed E-state index contributed by atoms with van der Waals surface area (Å²) in [5.74, 6) is 0.677. The Balaban J connectivity index is 1.56. The number of non-ortho nitro benzene ring substituents is 1. The third-order valence-corrected chi connectivity index (χ3v) is 5.83. The minimum atomic E-state index is -0.467. The highest BCUT2D eigenvalue weighted by atomic mass is 35.5. The molecule has 1 aliphatic heterocycles. The molecule has 2 aromatic carbocycles. The third-order valence-electron chi connectivity index (χ3n) is 4.36. The number of benzene rings is 2. The maximum Gasteiger partial charge on any atom is 0.269 e. The predicted molar refractivity (Wildman–Crippen MR) is 123 cm³/mol. The Bertz CT molecular complexity index is 1280. The summed E-state index contributed by atoms with van der Waals surface area (Å²) >= 11 is 13.4. The van der Waals surface area contributed by atoms with Crippen LogP contribution in [-0.4, -0.2) is 16.0 Å². The van der Waals surface area contributed by atoms with E-state index >= 15 is 0 Å². The minimum Gasteiger partial charge on any atom is -0.457 e. The largest absolute Gasteiger partial charge is 0.457 e. The number of amidine groups is 1. The van der Waals surface area contributed by atoms with E-state index in [1.165, 1.54) is 12.1 Å². The Morgan fingerprint density at radius 1 is 1.16 bits per heavy atom. The smallest absolute Gasteiger partial charge is 0.269 e. The van der Waals surface area contributed by atoms with Crippen molar-refractivity contribution in [1.29, 1.82) is 0 Å². The molecule has 1 amide bonds. The average Bonchev–Trinajstić information content (AvgIpc) is 3.32. The van der Waals surface area contributed by atoms with E-state index in [1.807, 2.05) is 0 Å². The van der Waals surface area contributed by atoms with Crippen molar-refractivity contribution in [3.05, 3.63) is 84.9 Å². The standard InChI is InChI=1S/C21H13Cl2N3O4S/c1-11-8-13(26(28)29)3-6-17(11)24-21-25-20(27)19(31-21)10-14-4-7-18(30-14)15-9-12(22)2-5-16(15)23/h2-10H,1H3,(H,24,25,27)/b19-10+. The number of aliphatic imine (C=N–C) groups is 1. The second-order valence-electron chi connectivity index (χ2n) is 6.54. The second kappa shape index (κ2) is 8.58. The van der Waals surface area contributed by atoms with Gasteiger partial charge in [0, 0.05) is 28.8 Å². The van der Waals surface area contributed by atoms with Crippen LogP contribution in [0.5, 0.6) is 0 Å². The highest BCUT2D eigenvalue weighted by Crippen LogP contribution is 2.34. The van der Waals surface area contributed by atoms with E-state index in [0.29, 0.717) is 48.5 Å². The van der Waals surface area contributed by atoms with Crippen molar-refractivity contribution >= 4 is 63.5 Å². The van der Waals surface area contributed by atoms with Gasteiger partial charge in [0.05, 0.1) is 20.5 Å². The van der Waals surface area contributed by atoms with E-state index in [2.05, 4.69) is 10.3 Å². The van der Waals surface area contributed by atoms with E-state index in [1.54, 1.807) is 49.4 Å². The molecule has 0 bridgehead atoms. The summed E-state index contributed by atoms with van der Waals surface area (Å²) in [5.41, 5.74) is 1.80. The lowest BCUT2D eigenvalue weighted by molar-refractivity contribution is -0.384. The lowest BCUT2D eigenvalue weighted by Gasteiger charge is -2.01. The summed E-state index contributed by atoms with van der Waals surface area (Å²) in [6.45, 7) is 1.72. The van der Waals surface area contributed by atoms with E-state index in [4.69, 9.17) is 27.6 Å². The zero-order chi connectivity index (χ0) is 22.1. The molecule has 0 radical (unpaired) electrons. The number of halogens is 2. The van der Waals surface area contributed by atoms with Gasteiger partial charge in [0.25, 0.3) is 11.6 Å². The average molecular weight is 474 g/mol. The van der Waals surface area contributed by atoms with E-state index < -0.39 is 4.92 Å². The molecule has 7 nitrogen and oxygen atoms in total. The molecular formula is C21H13Cl2N3O4S. The summed E-state index contributed by atoms with van der Waals surface area (Å²) in [6.07, 6.45) is 1.60. The Hall–Kier alpha value is -3.07. The molecule has 31 heavy (non-hydrogen) atoms. The van der Waals surface area contributed by atoms with Gasteiger partial charge in [-0.2, -0.15) is 0 Å². The third kappa shape index (κ3) is 4.66. The molecule has 1 aromatic heterocycles. The van der Waals surface area contributed by atoms with Crippen LogP contribution >= 0.6 is 35.0 Å². The number of hydrogen-bond acceptors (Lipinski definition) is 6. The first-order valence-corrected chi connectivity index (χ1v) is 10.5. The molecule has 10 heteroatoms. The van der Waals surface area contributed by atoms with Crippen molar-refractivity contribution in [2.45, 2.75) is 6.92 Å². The monoisotopic (exact) mass is 473 g/mol. The fourth-order valence-corrected chi connectivity index (χ4v) is 4.06. The number of amides is 1. The molecule has 1 N–H and O–H groups in total. The molecule has 0 unspecified atom stereocenters. The Kier molecular flexibility index (Phi) is 5.86. The highest BCUT2D eigenvalue weighted by molar-refractivity contribution is 8.18. The Morgan fingerprint density at radius 3 is 2.71 bits per heavy atom. The van der Waals surface area contributed by atoms with Crippen LogP contribution in [0.3, 0.4) is 0 Å². The summed E-state index contributed by atoms with van der Waals surface area (Å²) in [6, 6.07) is 12.9. The second-order valence-corrected chi connectivity index (χ2v) is 8.41. The minimum absolute atomic E-state index is 0.0152. The van der Waals surface area contributed by atoms with Gasteiger partial charge in [-0.3, -0.25) is 14.9 Å². The molecule has 0 atom stereocenters. The fraction of sp³-hybridized carbons (Fsp3) is 0.0476. The predicted octanol–water partition coefficient (Wildman–Crippen LogP) is 6.36. The molecular weight excluding hydrogens is 461 g/mol. The molecule has 0 saturated carbocycles. The van der Waals surface area contributed by atoms with Gasteiger partial charge in [-0.05, 0) is 60.6 Å². The lowest BCUT2D eigenvalue weighted by Crippen LogP contribution is -2.19. The van der Waals surface area contributed by atoms with Gasteiger partial charge in [-0.1, -0.05) is 23.2 Å². The molecule has 156 valence electrons. The van der Waals surface area contributed by atoms with E-state index in [9.17, 15) is 14.9 Å². The molecule has 0 spiro atoms. The van der Waals surface area contributed by atoms with Crippen molar-refractivity contribution in [2.24, 2.45) is 4.99 Å². The molecule has 4 rings (SSSR count). The van der Waals surface area contributed by atoms with Crippen LogP contribution in [0, 0.1) is 17.0 Å². The topological polar surface area (TPSA) is 97.7 Å². The normalized spacial score (nSPS) is 16.2. The summed E-state index contributed by atoms with van der Waals surface area (Å²) in [7, 11) is 0. The number of nitro benzene ring substituents is 1. The van der Waals surface area contributed by atoms with Crippen molar-refractivity contribution in [3.63, 3.8) is 0 Å². The SMILES string of the molecule is Cc1cc([N+](=O)[O-])ccc1N=C1NC(=O)/C(=C\c2ccc(-c3cc(Cl)ccc3Cl)o2)S1. The Morgan fingerprint density at radius 2 is 1.97 bits per heavy atom. The van der Waals surface area contributed by atoms with Crippen molar-refractivity contribution in [3.8, 4) is 11.3 Å². The van der Waals surface area contributed by atoms with Gasteiger partial charge < -0.3 is 9.73 Å².